The predicted octanol–water partition coefficient (Wildman–Crippen LogP) is -0.583. The number of aliphatic hydroxyl groups excluding tert-OH is 1. The number of rotatable bonds is 3. The standard InChI is InChI=1S/C10H14FN3O4/c1-17-10(5-15)6(11)4-8(18-10)14-3-2-7(12)13-9(14)16/h2-3,6,8,15H,4-5H2,1H3,(H2,12,13,16)/t6?,8-,10-/m1/s1. The summed E-state index contributed by atoms with van der Waals surface area (Å²) in [6, 6.07) is 1.41. The summed E-state index contributed by atoms with van der Waals surface area (Å²) in [7, 11) is 1.23. The van der Waals surface area contributed by atoms with Gasteiger partial charge < -0.3 is 20.3 Å². The Bertz CT molecular complexity index is 488. The second-order valence-corrected chi connectivity index (χ2v) is 3.99. The van der Waals surface area contributed by atoms with Crippen molar-refractivity contribution in [1.29, 1.82) is 0 Å². The van der Waals surface area contributed by atoms with Crippen molar-refractivity contribution in [3.63, 3.8) is 0 Å². The van der Waals surface area contributed by atoms with Gasteiger partial charge in [0.05, 0.1) is 0 Å². The fourth-order valence-electron chi connectivity index (χ4n) is 1.90. The third-order valence-electron chi connectivity index (χ3n) is 2.95. The van der Waals surface area contributed by atoms with E-state index >= 15 is 0 Å². The number of alkyl halides is 1. The van der Waals surface area contributed by atoms with Gasteiger partial charge in [0.15, 0.2) is 6.17 Å². The number of methoxy groups -OCH3 is 1. The number of nitrogens with zero attached hydrogens (tertiary/aromatic N) is 2. The Morgan fingerprint density at radius 2 is 2.56 bits per heavy atom. The van der Waals surface area contributed by atoms with Gasteiger partial charge in [-0.15, -0.1) is 0 Å². The van der Waals surface area contributed by atoms with E-state index < -0.39 is 30.5 Å². The van der Waals surface area contributed by atoms with Crippen LogP contribution in [0.2, 0.25) is 0 Å². The summed E-state index contributed by atoms with van der Waals surface area (Å²) in [5.41, 5.74) is 4.71. The molecule has 0 aliphatic carbocycles. The van der Waals surface area contributed by atoms with E-state index in [1.165, 1.54) is 19.4 Å². The van der Waals surface area contributed by atoms with Gasteiger partial charge in [-0.05, 0) is 6.07 Å². The Balaban J connectivity index is 2.30. The first-order chi connectivity index (χ1) is 8.52. The number of aromatic nitrogens is 2. The lowest BCUT2D eigenvalue weighted by molar-refractivity contribution is -0.260. The number of halogens is 1. The predicted molar refractivity (Wildman–Crippen MR) is 59.4 cm³/mol. The summed E-state index contributed by atoms with van der Waals surface area (Å²) in [4.78, 5) is 15.1. The molecule has 1 aromatic heterocycles. The lowest BCUT2D eigenvalue weighted by Gasteiger charge is -2.26. The number of ether oxygens (including phenoxy) is 2. The molecular formula is C10H14FN3O4. The van der Waals surface area contributed by atoms with Crippen LogP contribution in [0, 0.1) is 0 Å². The minimum absolute atomic E-state index is 0.0752. The third-order valence-corrected chi connectivity index (χ3v) is 2.95. The normalized spacial score (nSPS) is 31.7. The molecule has 18 heavy (non-hydrogen) atoms. The number of hydrogen-bond donors (Lipinski definition) is 2. The largest absolute Gasteiger partial charge is 0.391 e. The SMILES string of the molecule is CO[C@]1(CO)O[C@@H](n2ccc(N)nc2=O)CC1F. The molecule has 3 atom stereocenters. The van der Waals surface area contributed by atoms with Crippen molar-refractivity contribution >= 4 is 5.82 Å². The fraction of sp³-hybridized carbons (Fsp3) is 0.600. The molecule has 0 bridgehead atoms. The van der Waals surface area contributed by atoms with Crippen molar-refractivity contribution in [2.45, 2.75) is 24.6 Å². The Morgan fingerprint density at radius 1 is 1.83 bits per heavy atom. The van der Waals surface area contributed by atoms with Gasteiger partial charge in [-0.2, -0.15) is 4.98 Å². The molecule has 0 amide bonds. The van der Waals surface area contributed by atoms with E-state index in [1.807, 2.05) is 0 Å². The van der Waals surface area contributed by atoms with Crippen LogP contribution in [-0.4, -0.2) is 40.3 Å². The summed E-state index contributed by atoms with van der Waals surface area (Å²) in [6.45, 7) is -0.641. The molecule has 0 saturated carbocycles. The van der Waals surface area contributed by atoms with Crippen molar-refractivity contribution in [2.75, 3.05) is 19.5 Å². The number of nitrogen functional groups attached to an aromatic ring is 1. The van der Waals surface area contributed by atoms with Crippen LogP contribution in [0.4, 0.5) is 10.2 Å². The molecule has 0 spiro atoms. The molecule has 3 N–H and O–H groups in total. The highest BCUT2D eigenvalue weighted by atomic mass is 19.1. The van der Waals surface area contributed by atoms with Gasteiger partial charge in [0, 0.05) is 19.7 Å². The van der Waals surface area contributed by atoms with Crippen LogP contribution in [0.15, 0.2) is 17.1 Å². The van der Waals surface area contributed by atoms with Crippen LogP contribution in [0.3, 0.4) is 0 Å². The van der Waals surface area contributed by atoms with Crippen LogP contribution in [0.25, 0.3) is 0 Å². The number of aliphatic hydroxyl groups is 1. The van der Waals surface area contributed by atoms with Crippen LogP contribution in [0.1, 0.15) is 12.6 Å². The Kier molecular flexibility index (Phi) is 3.33. The third kappa shape index (κ3) is 1.98. The molecule has 1 unspecified atom stereocenters. The Hall–Kier alpha value is -1.51. The van der Waals surface area contributed by atoms with Gasteiger partial charge in [0.1, 0.15) is 18.7 Å². The van der Waals surface area contributed by atoms with Gasteiger partial charge in [0.25, 0.3) is 0 Å². The van der Waals surface area contributed by atoms with Crippen molar-refractivity contribution in [2.24, 2.45) is 0 Å². The highest BCUT2D eigenvalue weighted by Crippen LogP contribution is 2.38. The second kappa shape index (κ2) is 4.63. The Labute approximate surface area is 102 Å². The molecule has 8 heteroatoms. The van der Waals surface area contributed by atoms with Crippen molar-refractivity contribution in [1.82, 2.24) is 9.55 Å². The molecule has 7 nitrogen and oxygen atoms in total. The van der Waals surface area contributed by atoms with Crippen molar-refractivity contribution in [3.05, 3.63) is 22.7 Å². The molecule has 1 fully saturated rings. The second-order valence-electron chi connectivity index (χ2n) is 3.99. The fourth-order valence-corrected chi connectivity index (χ4v) is 1.90. The first kappa shape index (κ1) is 12.9. The van der Waals surface area contributed by atoms with Gasteiger partial charge in [-0.1, -0.05) is 0 Å². The summed E-state index contributed by atoms with van der Waals surface area (Å²) < 4.78 is 25.1. The molecule has 0 aromatic carbocycles. The minimum Gasteiger partial charge on any atom is -0.391 e. The van der Waals surface area contributed by atoms with Gasteiger partial charge in [-0.25, -0.2) is 9.18 Å². The maximum Gasteiger partial charge on any atom is 0.351 e. The lowest BCUT2D eigenvalue weighted by Crippen LogP contribution is -2.43. The van der Waals surface area contributed by atoms with E-state index in [9.17, 15) is 9.18 Å². The van der Waals surface area contributed by atoms with E-state index in [-0.39, 0.29) is 12.2 Å². The lowest BCUT2D eigenvalue weighted by atomic mass is 10.1. The highest BCUT2D eigenvalue weighted by Gasteiger charge is 2.50. The van der Waals surface area contributed by atoms with E-state index in [1.54, 1.807) is 0 Å². The number of nitrogens with two attached hydrogens (primary N) is 1. The molecular weight excluding hydrogens is 245 g/mol. The average Bonchev–Trinajstić information content (AvgIpc) is 2.67. The molecule has 2 heterocycles. The summed E-state index contributed by atoms with van der Waals surface area (Å²) in [5.74, 6) is -1.66. The summed E-state index contributed by atoms with van der Waals surface area (Å²) in [6.07, 6.45) is -1.17. The van der Waals surface area contributed by atoms with E-state index in [2.05, 4.69) is 4.98 Å². The molecule has 2 rings (SSSR count). The van der Waals surface area contributed by atoms with Gasteiger partial charge in [-0.3, -0.25) is 4.57 Å². The van der Waals surface area contributed by atoms with E-state index in [4.69, 9.17) is 20.3 Å². The topological polar surface area (TPSA) is 99.6 Å². The molecule has 1 saturated heterocycles. The summed E-state index contributed by atoms with van der Waals surface area (Å²) in [5, 5.41) is 9.15. The summed E-state index contributed by atoms with van der Waals surface area (Å²) >= 11 is 0. The number of hydrogen-bond acceptors (Lipinski definition) is 6. The average molecular weight is 259 g/mol. The minimum atomic E-state index is -1.73. The quantitative estimate of drug-likeness (QED) is 0.753. The van der Waals surface area contributed by atoms with Crippen LogP contribution in [-0.2, 0) is 9.47 Å². The van der Waals surface area contributed by atoms with Crippen LogP contribution < -0.4 is 11.4 Å². The van der Waals surface area contributed by atoms with Crippen molar-refractivity contribution in [3.8, 4) is 0 Å². The van der Waals surface area contributed by atoms with Crippen molar-refractivity contribution < 1.29 is 19.0 Å². The number of anilines is 1. The molecule has 0 radical (unpaired) electrons. The smallest absolute Gasteiger partial charge is 0.351 e. The monoisotopic (exact) mass is 259 g/mol. The highest BCUT2D eigenvalue weighted by molar-refractivity contribution is 5.23. The first-order valence-corrected chi connectivity index (χ1v) is 5.35. The van der Waals surface area contributed by atoms with Gasteiger partial charge in [0.2, 0.25) is 5.79 Å². The molecule has 1 aliphatic heterocycles. The molecule has 1 aliphatic rings. The molecule has 100 valence electrons. The first-order valence-electron chi connectivity index (χ1n) is 5.35. The molecule has 1 aromatic rings. The zero-order valence-corrected chi connectivity index (χ0v) is 9.75. The van der Waals surface area contributed by atoms with E-state index in [0.29, 0.717) is 0 Å². The maximum atomic E-state index is 13.8. The van der Waals surface area contributed by atoms with Gasteiger partial charge >= 0.3 is 5.69 Å². The van der Waals surface area contributed by atoms with Crippen LogP contribution >= 0.6 is 0 Å². The van der Waals surface area contributed by atoms with E-state index in [0.717, 1.165) is 4.57 Å². The zero-order chi connectivity index (χ0) is 13.3. The van der Waals surface area contributed by atoms with Crippen LogP contribution in [0.5, 0.6) is 0 Å². The maximum absolute atomic E-state index is 13.8. The zero-order valence-electron chi connectivity index (χ0n) is 9.75. The Morgan fingerprint density at radius 3 is 3.06 bits per heavy atom.